The quantitative estimate of drug-likeness (QED) is 0.232. The van der Waals surface area contributed by atoms with Crippen LogP contribution in [-0.2, 0) is 23.9 Å². The molecule has 0 fully saturated rings. The van der Waals surface area contributed by atoms with Gasteiger partial charge in [-0.3, -0.25) is 19.2 Å². The molecule has 0 amide bonds. The van der Waals surface area contributed by atoms with Gasteiger partial charge >= 0.3 is 23.9 Å². The fourth-order valence-corrected chi connectivity index (χ4v) is 1.63. The summed E-state index contributed by atoms with van der Waals surface area (Å²) in [6.45, 7) is 0.501. The minimum atomic E-state index is -0.986. The molecule has 0 bridgehead atoms. The van der Waals surface area contributed by atoms with Crippen molar-refractivity contribution < 1.29 is 39.2 Å². The van der Waals surface area contributed by atoms with Crippen LogP contribution in [0.2, 0.25) is 0 Å². The summed E-state index contributed by atoms with van der Waals surface area (Å²) in [6.07, 6.45) is 3.41. The molecule has 11 nitrogen and oxygen atoms in total. The van der Waals surface area contributed by atoms with Crippen LogP contribution in [0.3, 0.4) is 0 Å². The Hall–Kier alpha value is -1.89. The number of esters is 1. The lowest BCUT2D eigenvalue weighted by atomic mass is 10.2. The Bertz CT molecular complexity index is 413. The van der Waals surface area contributed by atoms with Crippen molar-refractivity contribution in [1.29, 1.82) is 0 Å². The minimum Gasteiger partial charge on any atom is -0.481 e. The first-order valence-electron chi connectivity index (χ1n) is 7.97. The van der Waals surface area contributed by atoms with Crippen molar-refractivity contribution in [3.63, 3.8) is 0 Å². The molecule has 27 heavy (non-hydrogen) atoms. The number of rotatable bonds is 11. The molecule has 0 saturated carbocycles. The summed E-state index contributed by atoms with van der Waals surface area (Å²) in [6, 6.07) is -1.43. The van der Waals surface area contributed by atoms with Crippen LogP contribution in [0.4, 0.5) is 0 Å². The fourth-order valence-electron chi connectivity index (χ4n) is 1.14. The van der Waals surface area contributed by atoms with Crippen LogP contribution in [-0.4, -0.2) is 76.9 Å². The van der Waals surface area contributed by atoms with Gasteiger partial charge in [-0.05, 0) is 37.8 Å². The van der Waals surface area contributed by atoms with E-state index in [0.29, 0.717) is 25.8 Å². The van der Waals surface area contributed by atoms with Crippen LogP contribution in [0.5, 0.6) is 0 Å². The minimum absolute atomic E-state index is 0.0498. The lowest BCUT2D eigenvalue weighted by molar-refractivity contribution is -0.145. The van der Waals surface area contributed by atoms with Gasteiger partial charge in [-0.15, -0.1) is 0 Å². The van der Waals surface area contributed by atoms with E-state index in [1.54, 1.807) is 11.8 Å². The zero-order chi connectivity index (χ0) is 21.8. The Balaban J connectivity index is -0.000000320. The second kappa shape index (κ2) is 20.4. The van der Waals surface area contributed by atoms with Crippen molar-refractivity contribution in [2.75, 3.05) is 25.7 Å². The summed E-state index contributed by atoms with van der Waals surface area (Å²) in [5.41, 5.74) is 15.5. The van der Waals surface area contributed by atoms with Crippen molar-refractivity contribution in [2.45, 2.75) is 44.2 Å². The maximum atomic E-state index is 10.2. The summed E-state index contributed by atoms with van der Waals surface area (Å²) >= 11 is 1.60. The third-order valence-electron chi connectivity index (χ3n) is 2.76. The van der Waals surface area contributed by atoms with Gasteiger partial charge in [0.15, 0.2) is 0 Å². The Morgan fingerprint density at radius 3 is 1.78 bits per heavy atom. The Labute approximate surface area is 162 Å². The van der Waals surface area contributed by atoms with Crippen LogP contribution in [0.25, 0.3) is 0 Å². The zero-order valence-corrected chi connectivity index (χ0v) is 16.4. The molecule has 0 aromatic carbocycles. The van der Waals surface area contributed by atoms with Gasteiger partial charge in [0.2, 0.25) is 0 Å². The second-order valence-corrected chi connectivity index (χ2v) is 6.06. The molecule has 0 aromatic heterocycles. The Morgan fingerprint density at radius 1 is 0.963 bits per heavy atom. The molecule has 0 saturated heterocycles. The molecule has 0 aliphatic carbocycles. The SMILES string of the molecule is COC(=O)CCC(=O)O.CSCCC(N)C(=O)O.NCCCC(N)C(=O)O. The van der Waals surface area contributed by atoms with E-state index >= 15 is 0 Å². The van der Waals surface area contributed by atoms with E-state index in [0.717, 1.165) is 5.75 Å². The van der Waals surface area contributed by atoms with E-state index in [1.165, 1.54) is 7.11 Å². The first-order valence-corrected chi connectivity index (χ1v) is 9.37. The summed E-state index contributed by atoms with van der Waals surface area (Å²) in [5.74, 6) is -2.53. The molecule has 0 rings (SSSR count). The highest BCUT2D eigenvalue weighted by Gasteiger charge is 2.09. The molecule has 9 N–H and O–H groups in total. The Kier molecular flexibility index (Phi) is 22.6. The number of carboxylic acid groups (broad SMARTS) is 3. The normalized spacial score (nSPS) is 11.6. The molecule has 0 radical (unpaired) electrons. The topological polar surface area (TPSA) is 216 Å². The molecule has 2 unspecified atom stereocenters. The van der Waals surface area contributed by atoms with Gasteiger partial charge in [0.1, 0.15) is 12.1 Å². The average Bonchev–Trinajstić information content (AvgIpc) is 2.62. The lowest BCUT2D eigenvalue weighted by Crippen LogP contribution is -2.30. The number of carbonyl (C=O) groups excluding carboxylic acids is 1. The van der Waals surface area contributed by atoms with E-state index in [9.17, 15) is 19.2 Å². The summed E-state index contributed by atoms with van der Waals surface area (Å²) in [7, 11) is 1.23. The van der Waals surface area contributed by atoms with Gasteiger partial charge in [-0.25, -0.2) is 0 Å². The van der Waals surface area contributed by atoms with Crippen molar-refractivity contribution in [3.8, 4) is 0 Å². The van der Waals surface area contributed by atoms with Crippen molar-refractivity contribution in [3.05, 3.63) is 0 Å². The predicted molar refractivity (Wildman–Crippen MR) is 101 cm³/mol. The third-order valence-corrected chi connectivity index (χ3v) is 3.40. The third kappa shape index (κ3) is 26.4. The molecule has 12 heteroatoms. The van der Waals surface area contributed by atoms with Gasteiger partial charge in [-0.2, -0.15) is 11.8 Å². The van der Waals surface area contributed by atoms with E-state index in [2.05, 4.69) is 4.74 Å². The fraction of sp³-hybridized carbons (Fsp3) is 0.733. The van der Waals surface area contributed by atoms with Gasteiger partial charge in [0, 0.05) is 0 Å². The van der Waals surface area contributed by atoms with Crippen molar-refractivity contribution in [1.82, 2.24) is 0 Å². The number of thioether (sulfide) groups is 1. The maximum Gasteiger partial charge on any atom is 0.320 e. The first kappa shape index (κ1) is 29.9. The molecular formula is C15H31N3O8S. The summed E-state index contributed by atoms with van der Waals surface area (Å²) in [4.78, 5) is 40.2. The molecule has 0 aromatic rings. The van der Waals surface area contributed by atoms with Gasteiger partial charge < -0.3 is 37.3 Å². The molecule has 0 heterocycles. The number of hydrogen-bond acceptors (Lipinski definition) is 9. The zero-order valence-electron chi connectivity index (χ0n) is 15.6. The van der Waals surface area contributed by atoms with E-state index in [4.69, 9.17) is 32.5 Å². The van der Waals surface area contributed by atoms with Crippen molar-refractivity contribution >= 4 is 35.6 Å². The average molecular weight is 413 g/mol. The van der Waals surface area contributed by atoms with Crippen LogP contribution in [0.1, 0.15) is 32.1 Å². The molecule has 160 valence electrons. The summed E-state index contributed by atoms with van der Waals surface area (Å²) < 4.78 is 4.20. The molecule has 0 aliphatic heterocycles. The smallest absolute Gasteiger partial charge is 0.320 e. The van der Waals surface area contributed by atoms with Gasteiger partial charge in [0.25, 0.3) is 0 Å². The number of nitrogens with two attached hydrogens (primary N) is 3. The standard InChI is InChI=1S/C5H12N2O2.C5H11NO2S.C5H8O4/c6-3-1-2-4(7)5(8)9;1-9-3-2-4(6)5(7)8;1-9-5(8)3-2-4(6)7/h4H,1-3,6-7H2,(H,8,9);4H,2-3,6H2,1H3,(H,7,8);2-3H2,1H3,(H,6,7). The van der Waals surface area contributed by atoms with Crippen LogP contribution in [0, 0.1) is 0 Å². The molecule has 0 aliphatic rings. The predicted octanol–water partition coefficient (Wildman–Crippen LogP) is -0.687. The molecule has 2 atom stereocenters. The number of aliphatic carboxylic acids is 3. The second-order valence-electron chi connectivity index (χ2n) is 5.07. The van der Waals surface area contributed by atoms with Crippen LogP contribution < -0.4 is 17.2 Å². The first-order chi connectivity index (χ1) is 12.5. The number of carboxylic acids is 3. The van der Waals surface area contributed by atoms with E-state index < -0.39 is 36.0 Å². The van der Waals surface area contributed by atoms with Gasteiger partial charge in [0.05, 0.1) is 20.0 Å². The van der Waals surface area contributed by atoms with Crippen molar-refractivity contribution in [2.24, 2.45) is 17.2 Å². The van der Waals surface area contributed by atoms with E-state index in [-0.39, 0.29) is 12.8 Å². The van der Waals surface area contributed by atoms with Crippen LogP contribution >= 0.6 is 11.8 Å². The Morgan fingerprint density at radius 2 is 1.44 bits per heavy atom. The maximum absolute atomic E-state index is 10.2. The molecular weight excluding hydrogens is 382 g/mol. The molecule has 0 spiro atoms. The van der Waals surface area contributed by atoms with Crippen LogP contribution in [0.15, 0.2) is 0 Å². The van der Waals surface area contributed by atoms with Gasteiger partial charge in [-0.1, -0.05) is 0 Å². The summed E-state index contributed by atoms with van der Waals surface area (Å²) in [5, 5.41) is 24.6. The highest BCUT2D eigenvalue weighted by Crippen LogP contribution is 1.97. The monoisotopic (exact) mass is 413 g/mol. The number of hydrogen-bond donors (Lipinski definition) is 6. The number of methoxy groups -OCH3 is 1. The van der Waals surface area contributed by atoms with E-state index in [1.807, 2.05) is 6.26 Å². The highest BCUT2D eigenvalue weighted by atomic mass is 32.2. The highest BCUT2D eigenvalue weighted by molar-refractivity contribution is 7.98. The largest absolute Gasteiger partial charge is 0.481 e. The number of carbonyl (C=O) groups is 4. The lowest BCUT2D eigenvalue weighted by Gasteiger charge is -2.02. The number of ether oxygens (including phenoxy) is 1.